The number of hydrogen-bond donors (Lipinski definition) is 1. The van der Waals surface area contributed by atoms with Gasteiger partial charge in [0.15, 0.2) is 0 Å². The second-order valence-electron chi connectivity index (χ2n) is 10.6. The Morgan fingerprint density at radius 3 is 2.18 bits per heavy atom. The Morgan fingerprint density at radius 2 is 1.53 bits per heavy atom. The fraction of sp³-hybridized carbons (Fsp3) is 0.235. The first-order valence-electron chi connectivity index (χ1n) is 14.4. The van der Waals surface area contributed by atoms with Crippen LogP contribution in [0.15, 0.2) is 102 Å². The Labute approximate surface area is 279 Å². The second kappa shape index (κ2) is 15.6. The fourth-order valence-corrected chi connectivity index (χ4v) is 6.66. The topological polar surface area (TPSA) is 86.8 Å². The number of nitrogens with zero attached hydrogens (tertiary/aromatic N) is 2. The highest BCUT2D eigenvalue weighted by atomic mass is 35.5. The molecule has 45 heavy (non-hydrogen) atoms. The van der Waals surface area contributed by atoms with Crippen molar-refractivity contribution >= 4 is 62.3 Å². The number of carbonyl (C=O) groups excluding carboxylic acids is 2. The van der Waals surface area contributed by atoms with E-state index < -0.39 is 28.5 Å². The summed E-state index contributed by atoms with van der Waals surface area (Å²) in [6.45, 7) is 3.58. The van der Waals surface area contributed by atoms with E-state index >= 15 is 0 Å². The van der Waals surface area contributed by atoms with E-state index in [0.717, 1.165) is 15.4 Å². The predicted octanol–water partition coefficient (Wildman–Crippen LogP) is 7.32. The lowest BCUT2D eigenvalue weighted by atomic mass is 10.0. The molecule has 7 nitrogen and oxygen atoms in total. The summed E-state index contributed by atoms with van der Waals surface area (Å²) in [6, 6.07) is 26.0. The van der Waals surface area contributed by atoms with E-state index in [1.165, 1.54) is 23.1 Å². The molecule has 236 valence electrons. The Balaban J connectivity index is 1.81. The predicted molar refractivity (Wildman–Crippen MR) is 181 cm³/mol. The van der Waals surface area contributed by atoms with Gasteiger partial charge in [0, 0.05) is 24.5 Å². The van der Waals surface area contributed by atoms with Crippen molar-refractivity contribution in [3.8, 4) is 0 Å². The van der Waals surface area contributed by atoms with Gasteiger partial charge in [-0.25, -0.2) is 8.42 Å². The van der Waals surface area contributed by atoms with Gasteiger partial charge < -0.3 is 10.2 Å². The molecule has 0 aliphatic rings. The van der Waals surface area contributed by atoms with Gasteiger partial charge in [-0.05, 0) is 66.9 Å². The van der Waals surface area contributed by atoms with Crippen LogP contribution in [0.3, 0.4) is 0 Å². The van der Waals surface area contributed by atoms with E-state index in [9.17, 15) is 18.0 Å². The molecule has 1 N–H and O–H groups in total. The number of benzene rings is 4. The minimum atomic E-state index is -4.23. The molecule has 0 aliphatic heterocycles. The molecule has 4 aromatic rings. The van der Waals surface area contributed by atoms with E-state index in [1.807, 2.05) is 44.2 Å². The maximum Gasteiger partial charge on any atom is 0.264 e. The maximum absolute atomic E-state index is 14.5. The summed E-state index contributed by atoms with van der Waals surface area (Å²) in [7, 11) is -4.23. The normalized spacial score (nSPS) is 11.9. The van der Waals surface area contributed by atoms with Gasteiger partial charge in [-0.15, -0.1) is 0 Å². The lowest BCUT2D eigenvalue weighted by Gasteiger charge is -2.34. The van der Waals surface area contributed by atoms with E-state index in [0.29, 0.717) is 33.6 Å². The van der Waals surface area contributed by atoms with Gasteiger partial charge in [0.1, 0.15) is 12.6 Å². The first-order valence-corrected chi connectivity index (χ1v) is 17.0. The molecule has 0 radical (unpaired) electrons. The van der Waals surface area contributed by atoms with Crippen molar-refractivity contribution in [2.75, 3.05) is 17.4 Å². The smallest absolute Gasteiger partial charge is 0.264 e. The average Bonchev–Trinajstić information content (AvgIpc) is 3.02. The van der Waals surface area contributed by atoms with Crippen LogP contribution in [-0.4, -0.2) is 44.3 Å². The number of nitrogens with one attached hydrogen (secondary N) is 1. The summed E-state index contributed by atoms with van der Waals surface area (Å²) in [5, 5.41) is 3.86. The minimum Gasteiger partial charge on any atom is -0.354 e. The summed E-state index contributed by atoms with van der Waals surface area (Å²) in [5.41, 5.74) is 2.55. The molecular formula is C34H34Cl3N3O4S. The summed E-state index contributed by atoms with van der Waals surface area (Å²) >= 11 is 18.8. The number of amides is 2. The summed E-state index contributed by atoms with van der Waals surface area (Å²) < 4.78 is 29.2. The molecule has 0 spiro atoms. The molecule has 4 rings (SSSR count). The fourth-order valence-electron chi connectivity index (χ4n) is 4.75. The number of anilines is 1. The number of halogens is 3. The van der Waals surface area contributed by atoms with Gasteiger partial charge in [0.2, 0.25) is 11.8 Å². The molecule has 0 heterocycles. The zero-order chi connectivity index (χ0) is 32.6. The molecule has 0 saturated heterocycles. The van der Waals surface area contributed by atoms with E-state index in [-0.39, 0.29) is 29.5 Å². The van der Waals surface area contributed by atoms with Crippen LogP contribution in [0.1, 0.15) is 30.0 Å². The van der Waals surface area contributed by atoms with Crippen molar-refractivity contribution in [2.45, 2.75) is 44.2 Å². The third-order valence-electron chi connectivity index (χ3n) is 7.14. The van der Waals surface area contributed by atoms with Crippen LogP contribution in [0.4, 0.5) is 5.69 Å². The lowest BCUT2D eigenvalue weighted by Crippen LogP contribution is -2.53. The zero-order valence-electron chi connectivity index (χ0n) is 24.9. The number of sulfonamides is 1. The summed E-state index contributed by atoms with van der Waals surface area (Å²) in [5.74, 6) is -0.950. The highest BCUT2D eigenvalue weighted by molar-refractivity contribution is 7.92. The third kappa shape index (κ3) is 9.01. The van der Waals surface area contributed by atoms with Crippen LogP contribution >= 0.6 is 34.8 Å². The Bertz CT molecular complexity index is 1740. The van der Waals surface area contributed by atoms with Gasteiger partial charge in [-0.1, -0.05) is 102 Å². The summed E-state index contributed by atoms with van der Waals surface area (Å²) in [6.07, 6.45) is 0.896. The van der Waals surface area contributed by atoms with Crippen LogP contribution in [0.25, 0.3) is 0 Å². The van der Waals surface area contributed by atoms with Gasteiger partial charge >= 0.3 is 0 Å². The summed E-state index contributed by atoms with van der Waals surface area (Å²) in [4.78, 5) is 29.6. The van der Waals surface area contributed by atoms with Crippen molar-refractivity contribution in [3.63, 3.8) is 0 Å². The minimum absolute atomic E-state index is 0.0124. The molecule has 1 unspecified atom stereocenters. The maximum atomic E-state index is 14.5. The third-order valence-corrected chi connectivity index (χ3v) is 9.90. The van der Waals surface area contributed by atoms with Crippen LogP contribution in [0, 0.1) is 6.92 Å². The quantitative estimate of drug-likeness (QED) is 0.160. The number of aryl methyl sites for hydroxylation is 1. The molecule has 0 bridgehead atoms. The zero-order valence-corrected chi connectivity index (χ0v) is 28.0. The van der Waals surface area contributed by atoms with Crippen LogP contribution in [0.2, 0.25) is 15.1 Å². The number of rotatable bonds is 13. The largest absolute Gasteiger partial charge is 0.354 e. The van der Waals surface area contributed by atoms with Gasteiger partial charge in [0.05, 0.1) is 20.6 Å². The van der Waals surface area contributed by atoms with Crippen molar-refractivity contribution in [3.05, 3.63) is 129 Å². The molecule has 0 aromatic heterocycles. The molecule has 0 saturated carbocycles. The molecule has 11 heteroatoms. The highest BCUT2D eigenvalue weighted by Gasteiger charge is 2.34. The molecular weight excluding hydrogens is 653 g/mol. The number of carbonyl (C=O) groups is 2. The number of hydrogen-bond acceptors (Lipinski definition) is 4. The van der Waals surface area contributed by atoms with Crippen molar-refractivity contribution in [1.82, 2.24) is 10.2 Å². The SMILES string of the molecule is CCCNC(=O)C(Cc1ccccc1)N(Cc1ccc(Cl)c(Cl)c1)C(=O)CN(c1cccc(Cl)c1)S(=O)(=O)c1ccc(C)cc1. The monoisotopic (exact) mass is 685 g/mol. The molecule has 4 aromatic carbocycles. The van der Waals surface area contributed by atoms with E-state index in [4.69, 9.17) is 34.8 Å². The average molecular weight is 687 g/mol. The molecule has 1 atom stereocenters. The Morgan fingerprint density at radius 1 is 0.822 bits per heavy atom. The van der Waals surface area contributed by atoms with Crippen LogP contribution < -0.4 is 9.62 Å². The van der Waals surface area contributed by atoms with Crippen molar-refractivity contribution in [2.24, 2.45) is 0 Å². The van der Waals surface area contributed by atoms with Gasteiger partial charge in [-0.3, -0.25) is 13.9 Å². The first-order chi connectivity index (χ1) is 21.5. The van der Waals surface area contributed by atoms with Crippen LogP contribution in [-0.2, 0) is 32.6 Å². The van der Waals surface area contributed by atoms with Crippen molar-refractivity contribution < 1.29 is 18.0 Å². The second-order valence-corrected chi connectivity index (χ2v) is 13.7. The van der Waals surface area contributed by atoms with Gasteiger partial charge in [0.25, 0.3) is 10.0 Å². The first kappa shape index (κ1) is 34.3. The molecule has 2 amide bonds. The van der Waals surface area contributed by atoms with Gasteiger partial charge in [-0.2, -0.15) is 0 Å². The standard InChI is InChI=1S/C34H34Cl3N3O4S/c1-3-18-38-34(42)32(20-25-8-5-4-6-9-25)39(22-26-14-17-30(36)31(37)19-26)33(41)23-40(28-11-7-10-27(35)21-28)45(43,44)29-15-12-24(2)13-16-29/h4-17,19,21,32H,3,18,20,22-23H2,1-2H3,(H,38,42). The lowest BCUT2D eigenvalue weighted by molar-refractivity contribution is -0.140. The van der Waals surface area contributed by atoms with E-state index in [1.54, 1.807) is 48.5 Å². The van der Waals surface area contributed by atoms with Crippen LogP contribution in [0.5, 0.6) is 0 Å². The highest BCUT2D eigenvalue weighted by Crippen LogP contribution is 2.28. The Kier molecular flexibility index (Phi) is 11.9. The molecule has 0 aliphatic carbocycles. The Hall–Kier alpha value is -3.56. The van der Waals surface area contributed by atoms with E-state index in [2.05, 4.69) is 5.32 Å². The molecule has 0 fully saturated rings. The van der Waals surface area contributed by atoms with Crippen molar-refractivity contribution in [1.29, 1.82) is 0 Å².